The van der Waals surface area contributed by atoms with Crippen molar-refractivity contribution in [3.8, 4) is 5.75 Å². The lowest BCUT2D eigenvalue weighted by molar-refractivity contribution is 0.278. The molecule has 110 valence electrons. The molecule has 1 fully saturated rings. The minimum absolute atomic E-state index is 0.107. The maximum atomic E-state index is 10.1. The number of nitrogens with zero attached hydrogens (tertiary/aromatic N) is 1. The average Bonchev–Trinajstić information content (AvgIpc) is 3.29. The third-order valence-electron chi connectivity index (χ3n) is 4.16. The third-order valence-corrected chi connectivity index (χ3v) is 4.16. The molecule has 21 heavy (non-hydrogen) atoms. The number of rotatable bonds is 5. The maximum Gasteiger partial charge on any atom is 0.141 e. The molecular formula is C17H20N2O2. The van der Waals surface area contributed by atoms with Gasteiger partial charge in [0.15, 0.2) is 0 Å². The van der Waals surface area contributed by atoms with E-state index >= 15 is 0 Å². The topological polar surface area (TPSA) is 65.4 Å². The van der Waals surface area contributed by atoms with Gasteiger partial charge in [0.25, 0.3) is 0 Å². The van der Waals surface area contributed by atoms with E-state index in [-0.39, 0.29) is 12.4 Å². The first-order chi connectivity index (χ1) is 10.2. The fourth-order valence-corrected chi connectivity index (χ4v) is 2.74. The molecule has 2 unspecified atom stereocenters. The van der Waals surface area contributed by atoms with Gasteiger partial charge in [-0.05, 0) is 18.9 Å². The molecule has 0 amide bonds. The van der Waals surface area contributed by atoms with E-state index in [9.17, 15) is 10.2 Å². The van der Waals surface area contributed by atoms with Crippen molar-refractivity contribution in [3.63, 3.8) is 0 Å². The first-order valence-corrected chi connectivity index (χ1v) is 7.26. The van der Waals surface area contributed by atoms with Crippen molar-refractivity contribution in [2.75, 3.05) is 0 Å². The second kappa shape index (κ2) is 5.84. The molecular weight excluding hydrogens is 264 g/mol. The van der Waals surface area contributed by atoms with Gasteiger partial charge in [-0.2, -0.15) is 0 Å². The second-order valence-electron chi connectivity index (χ2n) is 5.59. The Morgan fingerprint density at radius 2 is 2.05 bits per heavy atom. The zero-order valence-corrected chi connectivity index (χ0v) is 12.1. The van der Waals surface area contributed by atoms with Gasteiger partial charge in [-0.3, -0.25) is 4.98 Å². The number of aryl methyl sites for hydroxylation is 1. The van der Waals surface area contributed by atoms with E-state index in [0.29, 0.717) is 29.8 Å². The Bertz CT molecular complexity index is 628. The van der Waals surface area contributed by atoms with Gasteiger partial charge in [-0.1, -0.05) is 30.3 Å². The third kappa shape index (κ3) is 2.91. The van der Waals surface area contributed by atoms with Gasteiger partial charge in [0.05, 0.1) is 12.3 Å². The number of aromatic nitrogens is 1. The van der Waals surface area contributed by atoms with Crippen molar-refractivity contribution in [3.05, 3.63) is 58.9 Å². The fourth-order valence-electron chi connectivity index (χ4n) is 2.74. The van der Waals surface area contributed by atoms with Crippen molar-refractivity contribution in [1.82, 2.24) is 10.3 Å². The van der Waals surface area contributed by atoms with Gasteiger partial charge in [-0.15, -0.1) is 0 Å². The zero-order valence-electron chi connectivity index (χ0n) is 12.1. The highest BCUT2D eigenvalue weighted by atomic mass is 16.3. The largest absolute Gasteiger partial charge is 0.506 e. The van der Waals surface area contributed by atoms with Crippen LogP contribution in [0.1, 0.15) is 34.7 Å². The van der Waals surface area contributed by atoms with Crippen LogP contribution < -0.4 is 5.32 Å². The van der Waals surface area contributed by atoms with E-state index < -0.39 is 0 Å². The molecule has 0 radical (unpaired) electrons. The molecule has 1 aliphatic carbocycles. The van der Waals surface area contributed by atoms with Gasteiger partial charge in [0.2, 0.25) is 0 Å². The molecule has 4 heteroatoms. The van der Waals surface area contributed by atoms with Gasteiger partial charge in [0, 0.05) is 35.8 Å². The van der Waals surface area contributed by atoms with Crippen LogP contribution >= 0.6 is 0 Å². The molecule has 1 heterocycles. The van der Waals surface area contributed by atoms with Crippen LogP contribution in [0.15, 0.2) is 36.5 Å². The molecule has 2 aromatic rings. The molecule has 1 saturated carbocycles. The van der Waals surface area contributed by atoms with E-state index in [0.717, 1.165) is 12.0 Å². The van der Waals surface area contributed by atoms with Gasteiger partial charge in [-0.25, -0.2) is 0 Å². The van der Waals surface area contributed by atoms with E-state index in [1.165, 1.54) is 5.56 Å². The Morgan fingerprint density at radius 3 is 2.76 bits per heavy atom. The number of hydrogen-bond donors (Lipinski definition) is 3. The van der Waals surface area contributed by atoms with E-state index in [4.69, 9.17) is 0 Å². The summed E-state index contributed by atoms with van der Waals surface area (Å²) in [7, 11) is 0. The number of nitrogens with one attached hydrogen (secondary N) is 1. The monoisotopic (exact) mass is 284 g/mol. The van der Waals surface area contributed by atoms with Crippen LogP contribution in [-0.4, -0.2) is 21.2 Å². The minimum atomic E-state index is -0.107. The lowest BCUT2D eigenvalue weighted by Crippen LogP contribution is -2.19. The van der Waals surface area contributed by atoms with Crippen LogP contribution in [0.3, 0.4) is 0 Å². The number of aliphatic hydroxyl groups excluding tert-OH is 1. The number of benzene rings is 1. The average molecular weight is 284 g/mol. The molecule has 3 N–H and O–H groups in total. The zero-order chi connectivity index (χ0) is 14.8. The molecule has 0 spiro atoms. The van der Waals surface area contributed by atoms with Crippen molar-refractivity contribution in [2.45, 2.75) is 38.5 Å². The molecule has 2 atom stereocenters. The number of pyridine rings is 1. The van der Waals surface area contributed by atoms with E-state index in [2.05, 4.69) is 34.6 Å². The minimum Gasteiger partial charge on any atom is -0.506 e. The molecule has 0 bridgehead atoms. The standard InChI is InChI=1S/C17H20N2O2/c1-11-17(21)15(13(10-20)8-18-11)9-19-16-7-14(16)12-5-3-2-4-6-12/h2-6,8,14,16,19-21H,7,9-10H2,1H3. The molecule has 0 aliphatic heterocycles. The van der Waals surface area contributed by atoms with Crippen molar-refractivity contribution >= 4 is 0 Å². The van der Waals surface area contributed by atoms with Crippen LogP contribution in [0.4, 0.5) is 0 Å². The highest BCUT2D eigenvalue weighted by Crippen LogP contribution is 2.41. The molecule has 1 aromatic heterocycles. The number of hydrogen-bond acceptors (Lipinski definition) is 4. The first kappa shape index (κ1) is 14.0. The van der Waals surface area contributed by atoms with Gasteiger partial charge in [0.1, 0.15) is 5.75 Å². The van der Waals surface area contributed by atoms with Crippen molar-refractivity contribution < 1.29 is 10.2 Å². The summed E-state index contributed by atoms with van der Waals surface area (Å²) in [6.07, 6.45) is 2.75. The summed E-state index contributed by atoms with van der Waals surface area (Å²) in [6.45, 7) is 2.22. The van der Waals surface area contributed by atoms with Gasteiger partial charge < -0.3 is 15.5 Å². The smallest absolute Gasteiger partial charge is 0.141 e. The summed E-state index contributed by atoms with van der Waals surface area (Å²) in [6, 6.07) is 10.9. The highest BCUT2D eigenvalue weighted by molar-refractivity contribution is 5.40. The lowest BCUT2D eigenvalue weighted by atomic mass is 10.1. The van der Waals surface area contributed by atoms with Crippen molar-refractivity contribution in [2.24, 2.45) is 0 Å². The molecule has 0 saturated heterocycles. The number of aliphatic hydroxyl groups is 1. The van der Waals surface area contributed by atoms with Crippen LogP contribution in [0.5, 0.6) is 5.75 Å². The second-order valence-corrected chi connectivity index (χ2v) is 5.59. The Balaban J connectivity index is 1.66. The summed E-state index contributed by atoms with van der Waals surface area (Å²) >= 11 is 0. The fraction of sp³-hybridized carbons (Fsp3) is 0.353. The molecule has 3 rings (SSSR count). The Morgan fingerprint density at radius 1 is 1.29 bits per heavy atom. The quantitative estimate of drug-likeness (QED) is 0.788. The predicted octanol–water partition coefficient (Wildman–Crippen LogP) is 2.23. The SMILES string of the molecule is Cc1ncc(CO)c(CNC2CC2c2ccccc2)c1O. The number of aromatic hydroxyl groups is 1. The Kier molecular flexibility index (Phi) is 3.90. The van der Waals surface area contributed by atoms with Crippen molar-refractivity contribution in [1.29, 1.82) is 0 Å². The van der Waals surface area contributed by atoms with E-state index in [1.54, 1.807) is 13.1 Å². The summed E-state index contributed by atoms with van der Waals surface area (Å²) in [5, 5.41) is 22.9. The summed E-state index contributed by atoms with van der Waals surface area (Å²) in [4.78, 5) is 4.08. The Labute approximate surface area is 124 Å². The normalized spacial score (nSPS) is 20.5. The first-order valence-electron chi connectivity index (χ1n) is 7.26. The summed E-state index contributed by atoms with van der Waals surface area (Å²) in [5.74, 6) is 0.736. The van der Waals surface area contributed by atoms with Crippen LogP contribution in [0.25, 0.3) is 0 Å². The lowest BCUT2D eigenvalue weighted by Gasteiger charge is -2.12. The molecule has 4 nitrogen and oxygen atoms in total. The summed E-state index contributed by atoms with van der Waals surface area (Å²) in [5.41, 5.74) is 3.39. The highest BCUT2D eigenvalue weighted by Gasteiger charge is 2.37. The molecule has 1 aliphatic rings. The van der Waals surface area contributed by atoms with Crippen LogP contribution in [0, 0.1) is 6.92 Å². The van der Waals surface area contributed by atoms with Crippen LogP contribution in [-0.2, 0) is 13.2 Å². The van der Waals surface area contributed by atoms with Crippen LogP contribution in [0.2, 0.25) is 0 Å². The Hall–Kier alpha value is -1.91. The molecule has 1 aromatic carbocycles. The van der Waals surface area contributed by atoms with Gasteiger partial charge >= 0.3 is 0 Å². The maximum absolute atomic E-state index is 10.1. The summed E-state index contributed by atoms with van der Waals surface area (Å²) < 4.78 is 0. The predicted molar refractivity (Wildman–Crippen MR) is 81.0 cm³/mol. The van der Waals surface area contributed by atoms with E-state index in [1.807, 2.05) is 6.07 Å².